The third kappa shape index (κ3) is 48.3. The normalized spacial score (nSPS) is 12.4. The highest BCUT2D eigenvalue weighted by molar-refractivity contribution is 5.71. The molecule has 0 rings (SSSR count). The van der Waals surface area contributed by atoms with E-state index >= 15 is 0 Å². The van der Waals surface area contributed by atoms with E-state index in [0.717, 1.165) is 89.9 Å². The minimum absolute atomic E-state index is 0.0695. The summed E-state index contributed by atoms with van der Waals surface area (Å²) < 4.78 is 16.6. The molecule has 0 saturated carbocycles. The van der Waals surface area contributed by atoms with Gasteiger partial charge in [0, 0.05) is 19.3 Å². The molecule has 0 aromatic carbocycles. The van der Waals surface area contributed by atoms with Crippen LogP contribution in [0, 0.1) is 0 Å². The van der Waals surface area contributed by atoms with Crippen molar-refractivity contribution >= 4 is 17.9 Å². The summed E-state index contributed by atoms with van der Waals surface area (Å²) in [7, 11) is 0. The second kappa shape index (κ2) is 50.0. The molecule has 1 atom stereocenters. The van der Waals surface area contributed by atoms with E-state index in [4.69, 9.17) is 14.2 Å². The lowest BCUT2D eigenvalue weighted by Crippen LogP contribution is -2.30. The van der Waals surface area contributed by atoms with Crippen molar-refractivity contribution in [2.24, 2.45) is 0 Å². The Bertz CT molecular complexity index is 1070. The Hall–Kier alpha value is -2.63. The van der Waals surface area contributed by atoms with Crippen molar-refractivity contribution in [2.75, 3.05) is 13.2 Å². The predicted octanol–water partition coefficient (Wildman–Crippen LogP) is 17.1. The second-order valence-electron chi connectivity index (χ2n) is 17.4. The molecule has 0 bridgehead atoms. The van der Waals surface area contributed by atoms with E-state index in [0.29, 0.717) is 19.3 Å². The summed E-state index contributed by atoms with van der Waals surface area (Å²) in [6.07, 6.45) is 60.4. The third-order valence-corrected chi connectivity index (χ3v) is 11.3. The summed E-state index contributed by atoms with van der Waals surface area (Å²) in [5.74, 6) is -0.884. The maximum Gasteiger partial charge on any atom is 0.306 e. The van der Waals surface area contributed by atoms with Gasteiger partial charge in [0.2, 0.25) is 0 Å². The quantitative estimate of drug-likeness (QED) is 0.0263. The average Bonchev–Trinajstić information content (AvgIpc) is 3.26. The van der Waals surface area contributed by atoms with Gasteiger partial charge in [0.1, 0.15) is 13.2 Å². The number of ether oxygens (including phenoxy) is 3. The van der Waals surface area contributed by atoms with E-state index in [-0.39, 0.29) is 31.1 Å². The number of rotatable bonds is 47. The number of allylic oxidation sites excluding steroid dienone is 8. The zero-order chi connectivity index (χ0) is 44.4. The summed E-state index contributed by atoms with van der Waals surface area (Å²) >= 11 is 0. The van der Waals surface area contributed by atoms with Crippen molar-refractivity contribution < 1.29 is 28.6 Å². The molecule has 6 heteroatoms. The molecule has 0 heterocycles. The van der Waals surface area contributed by atoms with E-state index in [2.05, 4.69) is 69.4 Å². The maximum absolute atomic E-state index is 12.6. The van der Waals surface area contributed by atoms with Gasteiger partial charge in [-0.25, -0.2) is 0 Å². The lowest BCUT2D eigenvalue weighted by molar-refractivity contribution is -0.167. The molecule has 6 nitrogen and oxygen atoms in total. The van der Waals surface area contributed by atoms with E-state index in [1.807, 2.05) is 0 Å². The van der Waals surface area contributed by atoms with E-state index in [9.17, 15) is 14.4 Å². The van der Waals surface area contributed by atoms with Gasteiger partial charge in [0.15, 0.2) is 6.10 Å². The Kier molecular flexibility index (Phi) is 47.9. The van der Waals surface area contributed by atoms with Gasteiger partial charge in [-0.3, -0.25) is 14.4 Å². The minimum atomic E-state index is -0.761. The second-order valence-corrected chi connectivity index (χ2v) is 17.4. The Morgan fingerprint density at radius 2 is 0.639 bits per heavy atom. The van der Waals surface area contributed by atoms with Crippen LogP contribution in [0.25, 0.3) is 0 Å². The highest BCUT2D eigenvalue weighted by atomic mass is 16.6. The topological polar surface area (TPSA) is 78.9 Å². The lowest BCUT2D eigenvalue weighted by Gasteiger charge is -2.18. The number of esters is 3. The molecular weight excluding hydrogens is 757 g/mol. The first-order chi connectivity index (χ1) is 30.0. The fraction of sp³-hybridized carbons (Fsp3) is 0.800. The fourth-order valence-corrected chi connectivity index (χ4v) is 7.43. The highest BCUT2D eigenvalue weighted by Crippen LogP contribution is 2.16. The van der Waals surface area contributed by atoms with Crippen molar-refractivity contribution in [1.82, 2.24) is 0 Å². The van der Waals surface area contributed by atoms with Gasteiger partial charge in [-0.2, -0.15) is 0 Å². The lowest BCUT2D eigenvalue weighted by atomic mass is 10.0. The third-order valence-electron chi connectivity index (χ3n) is 11.3. The smallest absolute Gasteiger partial charge is 0.306 e. The van der Waals surface area contributed by atoms with Gasteiger partial charge in [0.05, 0.1) is 0 Å². The van der Waals surface area contributed by atoms with Crippen molar-refractivity contribution in [2.45, 2.75) is 271 Å². The summed E-state index contributed by atoms with van der Waals surface area (Å²) in [4.78, 5) is 37.4. The Morgan fingerprint density at radius 3 is 1.00 bits per heavy atom. The summed E-state index contributed by atoms with van der Waals surface area (Å²) in [5.41, 5.74) is 0. The van der Waals surface area contributed by atoms with Gasteiger partial charge >= 0.3 is 17.9 Å². The van der Waals surface area contributed by atoms with Crippen molar-refractivity contribution in [1.29, 1.82) is 0 Å². The molecule has 0 aromatic heterocycles. The minimum Gasteiger partial charge on any atom is -0.462 e. The van der Waals surface area contributed by atoms with Crippen molar-refractivity contribution in [3.05, 3.63) is 48.6 Å². The molecular formula is C55H98O6. The molecule has 0 aromatic rings. The molecule has 0 spiro atoms. The first-order valence-corrected chi connectivity index (χ1v) is 26.1. The van der Waals surface area contributed by atoms with Crippen LogP contribution in [0.15, 0.2) is 48.6 Å². The van der Waals surface area contributed by atoms with Crippen LogP contribution in [-0.2, 0) is 28.6 Å². The van der Waals surface area contributed by atoms with Crippen LogP contribution in [0.4, 0.5) is 0 Å². The van der Waals surface area contributed by atoms with Gasteiger partial charge in [-0.15, -0.1) is 0 Å². The zero-order valence-corrected chi connectivity index (χ0v) is 40.4. The monoisotopic (exact) mass is 855 g/mol. The number of carbonyl (C=O) groups excluding carboxylic acids is 3. The first kappa shape index (κ1) is 58.4. The van der Waals surface area contributed by atoms with E-state index in [1.165, 1.54) is 135 Å². The first-order valence-electron chi connectivity index (χ1n) is 26.1. The van der Waals surface area contributed by atoms with E-state index < -0.39 is 6.10 Å². The average molecular weight is 855 g/mol. The molecule has 0 N–H and O–H groups in total. The Labute approximate surface area is 378 Å². The van der Waals surface area contributed by atoms with Crippen molar-refractivity contribution in [3.8, 4) is 0 Å². The SMILES string of the molecule is CC/C=C\C/C=C\C/C=C\C/C=C\CCCCCCCCCCCCCCCCCCCCC(=O)OCC(COC(=O)CCCCCCC)OC(=O)CCCCCCCCC. The molecule has 0 amide bonds. The predicted molar refractivity (Wildman–Crippen MR) is 261 cm³/mol. The number of hydrogen-bond acceptors (Lipinski definition) is 6. The van der Waals surface area contributed by atoms with E-state index in [1.54, 1.807) is 0 Å². The Morgan fingerprint density at radius 1 is 0.344 bits per heavy atom. The number of unbranched alkanes of at least 4 members (excludes halogenated alkanes) is 28. The molecule has 354 valence electrons. The molecule has 0 aliphatic rings. The van der Waals surface area contributed by atoms with Crippen LogP contribution < -0.4 is 0 Å². The molecule has 0 saturated heterocycles. The molecule has 61 heavy (non-hydrogen) atoms. The van der Waals surface area contributed by atoms with Gasteiger partial charge < -0.3 is 14.2 Å². The Balaban J connectivity index is 3.81. The number of hydrogen-bond donors (Lipinski definition) is 0. The van der Waals surface area contributed by atoms with Crippen molar-refractivity contribution in [3.63, 3.8) is 0 Å². The van der Waals surface area contributed by atoms with Gasteiger partial charge in [0.25, 0.3) is 0 Å². The van der Waals surface area contributed by atoms with Crippen LogP contribution in [0.5, 0.6) is 0 Å². The van der Waals surface area contributed by atoms with Crippen LogP contribution >= 0.6 is 0 Å². The molecule has 1 unspecified atom stereocenters. The summed E-state index contributed by atoms with van der Waals surface area (Å²) in [6, 6.07) is 0. The molecule has 0 radical (unpaired) electrons. The van der Waals surface area contributed by atoms with Crippen LogP contribution in [0.2, 0.25) is 0 Å². The van der Waals surface area contributed by atoms with Gasteiger partial charge in [-0.05, 0) is 57.8 Å². The summed E-state index contributed by atoms with van der Waals surface area (Å²) in [5, 5.41) is 0. The molecule has 0 fully saturated rings. The maximum atomic E-state index is 12.6. The zero-order valence-electron chi connectivity index (χ0n) is 40.4. The summed E-state index contributed by atoms with van der Waals surface area (Å²) in [6.45, 7) is 6.40. The van der Waals surface area contributed by atoms with Crippen LogP contribution in [0.3, 0.4) is 0 Å². The highest BCUT2D eigenvalue weighted by Gasteiger charge is 2.19. The molecule has 0 aliphatic carbocycles. The fourth-order valence-electron chi connectivity index (χ4n) is 7.43. The molecule has 0 aliphatic heterocycles. The van der Waals surface area contributed by atoms with Gasteiger partial charge in [-0.1, -0.05) is 236 Å². The largest absolute Gasteiger partial charge is 0.462 e. The van der Waals surface area contributed by atoms with Crippen LogP contribution in [0.1, 0.15) is 265 Å². The standard InChI is InChI=1S/C55H98O6/c1-4-7-10-13-15-16-17-18-19-20-21-22-23-24-25-26-27-28-29-30-31-32-33-34-35-36-37-38-40-42-45-48-54(57)60-51-52(50-59-53(56)47-44-41-12-9-6-3)61-55(58)49-46-43-39-14-11-8-5-2/h7,10,15-16,18-19,21-22,52H,4-6,8-9,11-14,17,20,23-51H2,1-3H3/b10-7-,16-15-,19-18-,22-21-. The van der Waals surface area contributed by atoms with Crippen LogP contribution in [-0.4, -0.2) is 37.2 Å². The number of carbonyl (C=O) groups is 3.